The van der Waals surface area contributed by atoms with Gasteiger partial charge >= 0.3 is 0 Å². The van der Waals surface area contributed by atoms with E-state index in [1.54, 1.807) is 43.3 Å². The van der Waals surface area contributed by atoms with Crippen LogP contribution in [0.3, 0.4) is 0 Å². The molecule has 0 aliphatic rings. The lowest BCUT2D eigenvalue weighted by molar-refractivity contribution is 0.194. The van der Waals surface area contributed by atoms with Gasteiger partial charge in [-0.3, -0.25) is 4.98 Å². The number of benzene rings is 1. The Morgan fingerprint density at radius 3 is 2.67 bits per heavy atom. The molecule has 0 saturated heterocycles. The van der Waals surface area contributed by atoms with Gasteiger partial charge in [0.2, 0.25) is 0 Å². The molecule has 0 aliphatic carbocycles. The Hall–Kier alpha value is -2.38. The number of hydrogen-bond acceptors (Lipinski definition) is 4. The van der Waals surface area contributed by atoms with Gasteiger partial charge in [-0.2, -0.15) is 5.26 Å². The van der Waals surface area contributed by atoms with Crippen LogP contribution >= 0.6 is 0 Å². The third-order valence-corrected chi connectivity index (χ3v) is 2.42. The Kier molecular flexibility index (Phi) is 3.56. The number of nitriles is 1. The smallest absolute Gasteiger partial charge is 0.145 e. The number of aliphatic hydroxyl groups is 1. The molecule has 0 spiro atoms. The van der Waals surface area contributed by atoms with Crippen molar-refractivity contribution < 1.29 is 9.84 Å². The lowest BCUT2D eigenvalue weighted by Gasteiger charge is -2.08. The fourth-order valence-corrected chi connectivity index (χ4v) is 1.47. The van der Waals surface area contributed by atoms with E-state index in [0.717, 1.165) is 0 Å². The van der Waals surface area contributed by atoms with Crippen LogP contribution in [0.25, 0.3) is 0 Å². The van der Waals surface area contributed by atoms with Crippen LogP contribution < -0.4 is 4.74 Å². The highest BCUT2D eigenvalue weighted by Gasteiger charge is 2.05. The number of nitrogens with zero attached hydrogens (tertiary/aromatic N) is 2. The number of aliphatic hydroxyl groups excluding tert-OH is 1. The van der Waals surface area contributed by atoms with E-state index in [4.69, 9.17) is 10.00 Å². The second-order valence-electron chi connectivity index (χ2n) is 3.80. The molecule has 0 amide bonds. The zero-order valence-electron chi connectivity index (χ0n) is 9.87. The fourth-order valence-electron chi connectivity index (χ4n) is 1.47. The zero-order chi connectivity index (χ0) is 13.0. The molecule has 1 aromatic heterocycles. The quantitative estimate of drug-likeness (QED) is 0.895. The van der Waals surface area contributed by atoms with Crippen LogP contribution in [0.5, 0.6) is 11.5 Å². The summed E-state index contributed by atoms with van der Waals surface area (Å²) in [6, 6.07) is 12.4. The van der Waals surface area contributed by atoms with Gasteiger partial charge in [0, 0.05) is 0 Å². The number of para-hydroxylation sites is 1. The molecule has 0 bridgehead atoms. The monoisotopic (exact) mass is 240 g/mol. The predicted octanol–water partition coefficient (Wildman–Crippen LogP) is 2.80. The zero-order valence-corrected chi connectivity index (χ0v) is 9.87. The average Bonchev–Trinajstić information content (AvgIpc) is 2.40. The lowest BCUT2D eigenvalue weighted by atomic mass is 10.2. The molecule has 4 heteroatoms. The van der Waals surface area contributed by atoms with E-state index in [1.807, 2.05) is 0 Å². The first-order valence-electron chi connectivity index (χ1n) is 5.51. The fraction of sp³-hybridized carbons (Fsp3) is 0.143. The van der Waals surface area contributed by atoms with E-state index in [0.29, 0.717) is 22.8 Å². The third kappa shape index (κ3) is 2.65. The van der Waals surface area contributed by atoms with Gasteiger partial charge in [0.25, 0.3) is 0 Å². The SMILES string of the molecule is C[C@H](O)c1ccc(Oc2ccccc2C#N)cn1. The summed E-state index contributed by atoms with van der Waals surface area (Å²) in [4.78, 5) is 4.07. The summed E-state index contributed by atoms with van der Waals surface area (Å²) in [5.74, 6) is 1.02. The largest absolute Gasteiger partial charge is 0.454 e. The van der Waals surface area contributed by atoms with Crippen LogP contribution in [-0.4, -0.2) is 10.1 Å². The second-order valence-corrected chi connectivity index (χ2v) is 3.80. The predicted molar refractivity (Wildman–Crippen MR) is 66.1 cm³/mol. The Morgan fingerprint density at radius 1 is 1.28 bits per heavy atom. The molecule has 2 rings (SSSR count). The van der Waals surface area contributed by atoms with Crippen LogP contribution in [-0.2, 0) is 0 Å². The molecule has 18 heavy (non-hydrogen) atoms. The van der Waals surface area contributed by atoms with E-state index in [2.05, 4.69) is 11.1 Å². The molecule has 2 aromatic rings. The van der Waals surface area contributed by atoms with Crippen molar-refractivity contribution in [1.29, 1.82) is 5.26 Å². The number of ether oxygens (including phenoxy) is 1. The van der Waals surface area contributed by atoms with Gasteiger partial charge in [0.15, 0.2) is 0 Å². The molecular formula is C14H12N2O2. The van der Waals surface area contributed by atoms with Crippen LogP contribution in [0.4, 0.5) is 0 Å². The maximum atomic E-state index is 9.34. The number of aromatic nitrogens is 1. The molecule has 90 valence electrons. The highest BCUT2D eigenvalue weighted by Crippen LogP contribution is 2.24. The minimum absolute atomic E-state index is 0.470. The summed E-state index contributed by atoms with van der Waals surface area (Å²) in [5.41, 5.74) is 1.05. The van der Waals surface area contributed by atoms with Gasteiger partial charge in [-0.05, 0) is 31.2 Å². The van der Waals surface area contributed by atoms with Crippen molar-refractivity contribution in [2.24, 2.45) is 0 Å². The Bertz CT molecular complexity index is 571. The van der Waals surface area contributed by atoms with Crippen molar-refractivity contribution in [3.05, 3.63) is 53.9 Å². The number of hydrogen-bond donors (Lipinski definition) is 1. The first-order valence-corrected chi connectivity index (χ1v) is 5.51. The summed E-state index contributed by atoms with van der Waals surface area (Å²) >= 11 is 0. The Labute approximate surface area is 105 Å². The van der Waals surface area contributed by atoms with Gasteiger partial charge in [-0.15, -0.1) is 0 Å². The van der Waals surface area contributed by atoms with Crippen molar-refractivity contribution in [3.63, 3.8) is 0 Å². The molecule has 1 N–H and O–H groups in total. The van der Waals surface area contributed by atoms with Gasteiger partial charge in [0.05, 0.1) is 23.6 Å². The van der Waals surface area contributed by atoms with E-state index < -0.39 is 6.10 Å². The normalized spacial score (nSPS) is 11.6. The van der Waals surface area contributed by atoms with Crippen molar-refractivity contribution in [2.75, 3.05) is 0 Å². The van der Waals surface area contributed by atoms with Crippen LogP contribution in [0.2, 0.25) is 0 Å². The minimum atomic E-state index is -0.606. The van der Waals surface area contributed by atoms with Crippen LogP contribution in [0.1, 0.15) is 24.3 Å². The van der Waals surface area contributed by atoms with Crippen LogP contribution in [0.15, 0.2) is 42.6 Å². The molecule has 1 aromatic carbocycles. The molecule has 0 unspecified atom stereocenters. The Morgan fingerprint density at radius 2 is 2.06 bits per heavy atom. The summed E-state index contributed by atoms with van der Waals surface area (Å²) in [6.07, 6.45) is 0.918. The van der Waals surface area contributed by atoms with Crippen molar-refractivity contribution in [2.45, 2.75) is 13.0 Å². The first-order chi connectivity index (χ1) is 8.70. The summed E-state index contributed by atoms with van der Waals surface area (Å²) in [6.45, 7) is 1.65. The molecule has 1 heterocycles. The van der Waals surface area contributed by atoms with E-state index in [9.17, 15) is 5.11 Å². The molecule has 0 saturated carbocycles. The van der Waals surface area contributed by atoms with Crippen LogP contribution in [0, 0.1) is 11.3 Å². The van der Waals surface area contributed by atoms with Crippen molar-refractivity contribution in [3.8, 4) is 17.6 Å². The summed E-state index contributed by atoms with van der Waals surface area (Å²) < 4.78 is 5.57. The topological polar surface area (TPSA) is 66.1 Å². The molecule has 0 fully saturated rings. The number of pyridine rings is 1. The summed E-state index contributed by atoms with van der Waals surface area (Å²) in [5, 5.41) is 18.3. The molecule has 1 atom stereocenters. The maximum absolute atomic E-state index is 9.34. The standard InChI is InChI=1S/C14H12N2O2/c1-10(17)13-7-6-12(9-16-13)18-14-5-3-2-4-11(14)8-15/h2-7,9-10,17H,1H3/t10-/m0/s1. The Balaban J connectivity index is 2.22. The molecule has 0 radical (unpaired) electrons. The molecule has 4 nitrogen and oxygen atoms in total. The van der Waals surface area contributed by atoms with E-state index in [-0.39, 0.29) is 0 Å². The average molecular weight is 240 g/mol. The molecular weight excluding hydrogens is 228 g/mol. The van der Waals surface area contributed by atoms with E-state index >= 15 is 0 Å². The first kappa shape index (κ1) is 12.1. The number of rotatable bonds is 3. The summed E-state index contributed by atoms with van der Waals surface area (Å²) in [7, 11) is 0. The highest BCUT2D eigenvalue weighted by molar-refractivity contribution is 5.44. The van der Waals surface area contributed by atoms with Crippen molar-refractivity contribution >= 4 is 0 Å². The van der Waals surface area contributed by atoms with Gasteiger partial charge in [-0.25, -0.2) is 0 Å². The lowest BCUT2D eigenvalue weighted by Crippen LogP contribution is -1.95. The van der Waals surface area contributed by atoms with Gasteiger partial charge < -0.3 is 9.84 Å². The highest BCUT2D eigenvalue weighted by atomic mass is 16.5. The second kappa shape index (κ2) is 5.30. The minimum Gasteiger partial charge on any atom is -0.454 e. The van der Waals surface area contributed by atoms with E-state index in [1.165, 1.54) is 6.20 Å². The molecule has 0 aliphatic heterocycles. The van der Waals surface area contributed by atoms with Gasteiger partial charge in [0.1, 0.15) is 17.6 Å². The third-order valence-electron chi connectivity index (χ3n) is 2.42. The van der Waals surface area contributed by atoms with Gasteiger partial charge in [-0.1, -0.05) is 12.1 Å². The van der Waals surface area contributed by atoms with Crippen molar-refractivity contribution in [1.82, 2.24) is 4.98 Å². The maximum Gasteiger partial charge on any atom is 0.145 e.